The Kier molecular flexibility index (Phi) is 1.22. The minimum Gasteiger partial charge on any atom is -0.358 e. The molecule has 0 bridgehead atoms. The van der Waals surface area contributed by atoms with Crippen LogP contribution in [0.4, 0.5) is 4.39 Å². The first-order valence-corrected chi connectivity index (χ1v) is 3.36. The standard InChI is InChI=1S/C9H7FN/c1-6-4-7-5-8(10)2-3-9(7)11-6/h2-5,11H,1H2. The Morgan fingerprint density at radius 1 is 1.27 bits per heavy atom. The molecule has 1 N–H and O–H groups in total. The van der Waals surface area contributed by atoms with Crippen LogP contribution in [-0.2, 0) is 0 Å². The van der Waals surface area contributed by atoms with Crippen molar-refractivity contribution in [3.63, 3.8) is 0 Å². The highest BCUT2D eigenvalue weighted by Gasteiger charge is 1.97. The van der Waals surface area contributed by atoms with Crippen LogP contribution in [0.3, 0.4) is 0 Å². The molecule has 0 aliphatic carbocycles. The summed E-state index contributed by atoms with van der Waals surface area (Å²) >= 11 is 0. The van der Waals surface area contributed by atoms with E-state index < -0.39 is 0 Å². The van der Waals surface area contributed by atoms with Crippen molar-refractivity contribution in [1.82, 2.24) is 4.98 Å². The molecule has 2 aromatic rings. The highest BCUT2D eigenvalue weighted by molar-refractivity contribution is 5.80. The normalized spacial score (nSPS) is 10.7. The average molecular weight is 148 g/mol. The molecular weight excluding hydrogens is 141 g/mol. The molecule has 1 nitrogen and oxygen atoms in total. The van der Waals surface area contributed by atoms with E-state index in [1.165, 1.54) is 12.1 Å². The van der Waals surface area contributed by atoms with E-state index in [4.69, 9.17) is 0 Å². The highest BCUT2D eigenvalue weighted by Crippen LogP contribution is 2.15. The summed E-state index contributed by atoms with van der Waals surface area (Å²) in [5, 5.41) is 0.870. The molecule has 0 amide bonds. The zero-order chi connectivity index (χ0) is 7.84. The minimum atomic E-state index is -0.212. The van der Waals surface area contributed by atoms with Crippen molar-refractivity contribution in [3.8, 4) is 0 Å². The Bertz CT molecular complexity index is 389. The molecule has 0 aliphatic heterocycles. The Balaban J connectivity index is 2.82. The van der Waals surface area contributed by atoms with E-state index in [0.717, 1.165) is 16.6 Å². The molecule has 2 heteroatoms. The molecule has 55 valence electrons. The summed E-state index contributed by atoms with van der Waals surface area (Å²) < 4.78 is 12.6. The molecule has 1 radical (unpaired) electrons. The summed E-state index contributed by atoms with van der Waals surface area (Å²) in [6, 6.07) is 6.44. The van der Waals surface area contributed by atoms with E-state index in [2.05, 4.69) is 11.9 Å². The first-order chi connectivity index (χ1) is 5.25. The fraction of sp³-hybridized carbons (Fsp3) is 0. The van der Waals surface area contributed by atoms with Crippen molar-refractivity contribution >= 4 is 10.9 Å². The van der Waals surface area contributed by atoms with Crippen LogP contribution in [-0.4, -0.2) is 4.98 Å². The van der Waals surface area contributed by atoms with E-state index in [-0.39, 0.29) is 5.82 Å². The third kappa shape index (κ3) is 1.00. The maximum Gasteiger partial charge on any atom is 0.123 e. The SMILES string of the molecule is [CH2]c1cc2cc(F)ccc2[nH]1. The van der Waals surface area contributed by atoms with Crippen molar-refractivity contribution in [2.75, 3.05) is 0 Å². The first kappa shape index (κ1) is 6.40. The molecule has 0 atom stereocenters. The summed E-state index contributed by atoms with van der Waals surface area (Å²) in [4.78, 5) is 3.01. The number of fused-ring (bicyclic) bond motifs is 1. The molecule has 0 fully saturated rings. The monoisotopic (exact) mass is 148 g/mol. The molecule has 0 spiro atoms. The third-order valence-electron chi connectivity index (χ3n) is 1.64. The van der Waals surface area contributed by atoms with Crippen LogP contribution in [0, 0.1) is 12.7 Å². The van der Waals surface area contributed by atoms with Crippen molar-refractivity contribution in [3.05, 3.63) is 42.7 Å². The summed E-state index contributed by atoms with van der Waals surface area (Å²) in [7, 11) is 0. The van der Waals surface area contributed by atoms with Crippen molar-refractivity contribution in [2.45, 2.75) is 0 Å². The van der Waals surface area contributed by atoms with E-state index in [1.54, 1.807) is 6.07 Å². The summed E-state index contributed by atoms with van der Waals surface area (Å²) in [5.74, 6) is -0.212. The summed E-state index contributed by atoms with van der Waals surface area (Å²) in [6.07, 6.45) is 0. The van der Waals surface area contributed by atoms with Crippen molar-refractivity contribution < 1.29 is 4.39 Å². The predicted octanol–water partition coefficient (Wildman–Crippen LogP) is 2.49. The predicted molar refractivity (Wildman–Crippen MR) is 42.7 cm³/mol. The van der Waals surface area contributed by atoms with Gasteiger partial charge >= 0.3 is 0 Å². The zero-order valence-electron chi connectivity index (χ0n) is 5.89. The van der Waals surface area contributed by atoms with Gasteiger partial charge in [0.25, 0.3) is 0 Å². The maximum absolute atomic E-state index is 12.6. The van der Waals surface area contributed by atoms with Crippen LogP contribution in [0.25, 0.3) is 10.9 Å². The lowest BCUT2D eigenvalue weighted by atomic mass is 10.2. The van der Waals surface area contributed by atoms with Crippen LogP contribution in [0.5, 0.6) is 0 Å². The number of halogens is 1. The quantitative estimate of drug-likeness (QED) is 0.590. The fourth-order valence-corrected chi connectivity index (χ4v) is 1.16. The fourth-order valence-electron chi connectivity index (χ4n) is 1.16. The van der Waals surface area contributed by atoms with Gasteiger partial charge in [0.15, 0.2) is 0 Å². The van der Waals surface area contributed by atoms with E-state index >= 15 is 0 Å². The van der Waals surface area contributed by atoms with Gasteiger partial charge in [-0.15, -0.1) is 0 Å². The van der Waals surface area contributed by atoms with Crippen molar-refractivity contribution in [1.29, 1.82) is 0 Å². The molecule has 1 aromatic carbocycles. The zero-order valence-corrected chi connectivity index (χ0v) is 5.89. The Hall–Kier alpha value is -1.31. The lowest BCUT2D eigenvalue weighted by Crippen LogP contribution is -1.71. The van der Waals surface area contributed by atoms with Crippen LogP contribution >= 0.6 is 0 Å². The summed E-state index contributed by atoms with van der Waals surface area (Å²) in [6.45, 7) is 3.71. The van der Waals surface area contributed by atoms with Gasteiger partial charge in [0.05, 0.1) is 0 Å². The van der Waals surface area contributed by atoms with Gasteiger partial charge in [-0.25, -0.2) is 4.39 Å². The largest absolute Gasteiger partial charge is 0.358 e. The molecule has 1 heterocycles. The topological polar surface area (TPSA) is 15.8 Å². The number of aromatic amines is 1. The molecule has 0 unspecified atom stereocenters. The highest BCUT2D eigenvalue weighted by atomic mass is 19.1. The number of rotatable bonds is 0. The third-order valence-corrected chi connectivity index (χ3v) is 1.64. The van der Waals surface area contributed by atoms with Gasteiger partial charge in [0.1, 0.15) is 5.82 Å². The molecule has 0 aliphatic rings. The lowest BCUT2D eigenvalue weighted by molar-refractivity contribution is 0.630. The van der Waals surface area contributed by atoms with Crippen molar-refractivity contribution in [2.24, 2.45) is 0 Å². The molecule has 11 heavy (non-hydrogen) atoms. The number of hydrogen-bond donors (Lipinski definition) is 1. The average Bonchev–Trinajstić information content (AvgIpc) is 2.27. The second-order valence-electron chi connectivity index (χ2n) is 2.53. The molecule has 0 saturated heterocycles. The number of benzene rings is 1. The van der Waals surface area contributed by atoms with Crippen LogP contribution < -0.4 is 0 Å². The van der Waals surface area contributed by atoms with Gasteiger partial charge in [-0.3, -0.25) is 0 Å². The number of H-pyrrole nitrogens is 1. The van der Waals surface area contributed by atoms with Gasteiger partial charge in [-0.2, -0.15) is 0 Å². The van der Waals surface area contributed by atoms with Crippen LogP contribution in [0.2, 0.25) is 0 Å². The molecule has 2 rings (SSSR count). The van der Waals surface area contributed by atoms with Gasteiger partial charge in [0.2, 0.25) is 0 Å². The second kappa shape index (κ2) is 2.09. The lowest BCUT2D eigenvalue weighted by Gasteiger charge is -1.87. The first-order valence-electron chi connectivity index (χ1n) is 3.36. The Morgan fingerprint density at radius 3 is 2.91 bits per heavy atom. The van der Waals surface area contributed by atoms with Gasteiger partial charge in [0, 0.05) is 16.6 Å². The van der Waals surface area contributed by atoms with Gasteiger partial charge in [-0.05, 0) is 31.2 Å². The molecule has 0 saturated carbocycles. The van der Waals surface area contributed by atoms with Crippen LogP contribution in [0.15, 0.2) is 24.3 Å². The smallest absolute Gasteiger partial charge is 0.123 e. The second-order valence-corrected chi connectivity index (χ2v) is 2.53. The number of hydrogen-bond acceptors (Lipinski definition) is 0. The van der Waals surface area contributed by atoms with Gasteiger partial charge < -0.3 is 4.98 Å². The number of nitrogens with one attached hydrogen (secondary N) is 1. The van der Waals surface area contributed by atoms with Gasteiger partial charge in [-0.1, -0.05) is 0 Å². The minimum absolute atomic E-state index is 0.212. The Morgan fingerprint density at radius 2 is 2.09 bits per heavy atom. The summed E-state index contributed by atoms with van der Waals surface area (Å²) in [5.41, 5.74) is 1.74. The van der Waals surface area contributed by atoms with E-state index in [1.807, 2.05) is 6.07 Å². The van der Waals surface area contributed by atoms with E-state index in [9.17, 15) is 4.39 Å². The van der Waals surface area contributed by atoms with E-state index in [0.29, 0.717) is 0 Å². The number of aromatic nitrogens is 1. The molecular formula is C9H7FN. The molecule has 1 aromatic heterocycles. The maximum atomic E-state index is 12.6. The Labute approximate surface area is 63.9 Å². The van der Waals surface area contributed by atoms with Crippen LogP contribution in [0.1, 0.15) is 5.69 Å².